The van der Waals surface area contributed by atoms with Crippen LogP contribution in [0.1, 0.15) is 32.2 Å². The van der Waals surface area contributed by atoms with E-state index in [1.165, 1.54) is 5.56 Å². The normalized spacial score (nSPS) is 11.8. The van der Waals surface area contributed by atoms with Gasteiger partial charge in [-0.1, -0.05) is 32.9 Å². The molecule has 1 aromatic carbocycles. The Kier molecular flexibility index (Phi) is 2.98. The summed E-state index contributed by atoms with van der Waals surface area (Å²) < 4.78 is 1.91. The number of nitrogens with zero attached hydrogens (tertiary/aromatic N) is 3. The molecule has 0 spiro atoms. The Morgan fingerprint density at radius 2 is 1.82 bits per heavy atom. The maximum absolute atomic E-state index is 5.61. The molecule has 0 amide bonds. The highest BCUT2D eigenvalue weighted by Crippen LogP contribution is 2.23. The standard InChI is InChI=1S/C13H18N4/c1-13(2,3)10-4-6-11(7-5-10)17-9-15-16-12(17)8-14/h4-7,9H,8,14H2,1-3H3. The zero-order valence-corrected chi connectivity index (χ0v) is 10.5. The minimum absolute atomic E-state index is 0.169. The van der Waals surface area contributed by atoms with Crippen molar-refractivity contribution < 1.29 is 0 Å². The molecule has 0 saturated carbocycles. The van der Waals surface area contributed by atoms with Crippen LogP contribution in [-0.4, -0.2) is 14.8 Å². The van der Waals surface area contributed by atoms with Crippen molar-refractivity contribution in [2.45, 2.75) is 32.7 Å². The highest BCUT2D eigenvalue weighted by Gasteiger charge is 2.13. The van der Waals surface area contributed by atoms with E-state index in [1.54, 1.807) is 6.33 Å². The Hall–Kier alpha value is -1.68. The quantitative estimate of drug-likeness (QED) is 0.858. The molecule has 0 aliphatic heterocycles. The van der Waals surface area contributed by atoms with Crippen LogP contribution in [0.25, 0.3) is 5.69 Å². The highest BCUT2D eigenvalue weighted by molar-refractivity contribution is 5.37. The van der Waals surface area contributed by atoms with E-state index < -0.39 is 0 Å². The summed E-state index contributed by atoms with van der Waals surface area (Å²) in [6.07, 6.45) is 1.69. The van der Waals surface area contributed by atoms with Crippen LogP contribution in [0.5, 0.6) is 0 Å². The summed E-state index contributed by atoms with van der Waals surface area (Å²) >= 11 is 0. The van der Waals surface area contributed by atoms with E-state index in [0.29, 0.717) is 6.54 Å². The van der Waals surface area contributed by atoms with Crippen molar-refractivity contribution in [3.63, 3.8) is 0 Å². The van der Waals surface area contributed by atoms with Crippen molar-refractivity contribution in [3.05, 3.63) is 42.0 Å². The van der Waals surface area contributed by atoms with Gasteiger partial charge in [-0.25, -0.2) is 0 Å². The minimum Gasteiger partial charge on any atom is -0.324 e. The fraction of sp³-hybridized carbons (Fsp3) is 0.385. The van der Waals surface area contributed by atoms with Gasteiger partial charge in [0.05, 0.1) is 6.54 Å². The number of rotatable bonds is 2. The molecule has 0 aliphatic rings. The molecule has 0 bridgehead atoms. The van der Waals surface area contributed by atoms with Gasteiger partial charge in [-0.2, -0.15) is 0 Å². The minimum atomic E-state index is 0.169. The molecule has 2 aromatic rings. The fourth-order valence-corrected chi connectivity index (χ4v) is 1.74. The first kappa shape index (κ1) is 11.8. The molecule has 0 saturated heterocycles. The molecule has 0 radical (unpaired) electrons. The Morgan fingerprint density at radius 1 is 1.18 bits per heavy atom. The summed E-state index contributed by atoms with van der Waals surface area (Å²) in [5.74, 6) is 0.772. The lowest BCUT2D eigenvalue weighted by Gasteiger charge is -2.19. The van der Waals surface area contributed by atoms with Gasteiger partial charge in [-0.05, 0) is 23.1 Å². The van der Waals surface area contributed by atoms with Gasteiger partial charge < -0.3 is 5.73 Å². The Bertz CT molecular complexity index is 491. The van der Waals surface area contributed by atoms with E-state index >= 15 is 0 Å². The molecular formula is C13H18N4. The zero-order valence-electron chi connectivity index (χ0n) is 10.5. The molecule has 90 valence electrons. The van der Waals surface area contributed by atoms with Crippen LogP contribution in [0.15, 0.2) is 30.6 Å². The van der Waals surface area contributed by atoms with Gasteiger partial charge in [-0.3, -0.25) is 4.57 Å². The molecular weight excluding hydrogens is 212 g/mol. The summed E-state index contributed by atoms with van der Waals surface area (Å²) in [5.41, 5.74) is 8.13. The van der Waals surface area contributed by atoms with Crippen molar-refractivity contribution in [1.29, 1.82) is 0 Å². The molecule has 2 N–H and O–H groups in total. The number of benzene rings is 1. The molecule has 0 atom stereocenters. The Balaban J connectivity index is 2.36. The third-order valence-electron chi connectivity index (χ3n) is 2.81. The van der Waals surface area contributed by atoms with Crippen molar-refractivity contribution in [2.24, 2.45) is 5.73 Å². The van der Waals surface area contributed by atoms with Crippen molar-refractivity contribution >= 4 is 0 Å². The highest BCUT2D eigenvalue weighted by atomic mass is 15.3. The van der Waals surface area contributed by atoms with Crippen molar-refractivity contribution in [3.8, 4) is 5.69 Å². The number of aromatic nitrogens is 3. The maximum atomic E-state index is 5.61. The molecule has 1 aromatic heterocycles. The summed E-state index contributed by atoms with van der Waals surface area (Å²) in [5, 5.41) is 7.84. The van der Waals surface area contributed by atoms with E-state index in [0.717, 1.165) is 11.5 Å². The van der Waals surface area contributed by atoms with Gasteiger partial charge in [0.25, 0.3) is 0 Å². The molecule has 0 fully saturated rings. The average Bonchev–Trinajstić information content (AvgIpc) is 2.76. The second kappa shape index (κ2) is 4.30. The second-order valence-corrected chi connectivity index (χ2v) is 5.12. The lowest BCUT2D eigenvalue weighted by Crippen LogP contribution is -2.11. The zero-order chi connectivity index (χ0) is 12.5. The van der Waals surface area contributed by atoms with E-state index in [2.05, 4.69) is 55.2 Å². The van der Waals surface area contributed by atoms with Crippen molar-refractivity contribution in [2.75, 3.05) is 0 Å². The molecule has 0 unspecified atom stereocenters. The first-order chi connectivity index (χ1) is 8.02. The van der Waals surface area contributed by atoms with Gasteiger partial charge in [0.2, 0.25) is 0 Å². The summed E-state index contributed by atoms with van der Waals surface area (Å²) in [6.45, 7) is 6.99. The predicted molar refractivity (Wildman–Crippen MR) is 68.0 cm³/mol. The van der Waals surface area contributed by atoms with E-state index in [-0.39, 0.29) is 5.41 Å². The largest absolute Gasteiger partial charge is 0.324 e. The van der Waals surface area contributed by atoms with Gasteiger partial charge in [0.15, 0.2) is 5.82 Å². The monoisotopic (exact) mass is 230 g/mol. The first-order valence-electron chi connectivity index (χ1n) is 5.72. The van der Waals surface area contributed by atoms with Crippen LogP contribution >= 0.6 is 0 Å². The van der Waals surface area contributed by atoms with Crippen LogP contribution in [-0.2, 0) is 12.0 Å². The van der Waals surface area contributed by atoms with Crippen LogP contribution in [0.2, 0.25) is 0 Å². The maximum Gasteiger partial charge on any atom is 0.151 e. The van der Waals surface area contributed by atoms with Gasteiger partial charge in [-0.15, -0.1) is 10.2 Å². The van der Waals surface area contributed by atoms with E-state index in [9.17, 15) is 0 Å². The SMILES string of the molecule is CC(C)(C)c1ccc(-n2cnnc2CN)cc1. The number of nitrogens with two attached hydrogens (primary N) is 1. The van der Waals surface area contributed by atoms with E-state index in [1.807, 2.05) is 4.57 Å². The smallest absolute Gasteiger partial charge is 0.151 e. The second-order valence-electron chi connectivity index (χ2n) is 5.12. The summed E-state index contributed by atoms with van der Waals surface area (Å²) in [7, 11) is 0. The average molecular weight is 230 g/mol. The molecule has 17 heavy (non-hydrogen) atoms. The van der Waals surface area contributed by atoms with Crippen LogP contribution in [0.3, 0.4) is 0 Å². The van der Waals surface area contributed by atoms with Crippen LogP contribution in [0, 0.1) is 0 Å². The van der Waals surface area contributed by atoms with Crippen LogP contribution in [0.4, 0.5) is 0 Å². The summed E-state index contributed by atoms with van der Waals surface area (Å²) in [4.78, 5) is 0. The molecule has 0 aliphatic carbocycles. The van der Waals surface area contributed by atoms with Crippen LogP contribution < -0.4 is 5.73 Å². The Morgan fingerprint density at radius 3 is 2.35 bits per heavy atom. The predicted octanol–water partition coefficient (Wildman–Crippen LogP) is 2.02. The number of hydrogen-bond acceptors (Lipinski definition) is 3. The van der Waals surface area contributed by atoms with E-state index in [4.69, 9.17) is 5.73 Å². The molecule has 4 nitrogen and oxygen atoms in total. The molecule has 2 rings (SSSR count). The first-order valence-corrected chi connectivity index (χ1v) is 5.72. The third kappa shape index (κ3) is 2.36. The summed E-state index contributed by atoms with van der Waals surface area (Å²) in [6, 6.07) is 8.41. The topological polar surface area (TPSA) is 56.7 Å². The Labute approximate surface area is 101 Å². The fourth-order valence-electron chi connectivity index (χ4n) is 1.74. The number of hydrogen-bond donors (Lipinski definition) is 1. The lowest BCUT2D eigenvalue weighted by molar-refractivity contribution is 0.590. The molecule has 1 heterocycles. The van der Waals surface area contributed by atoms with Gasteiger partial charge >= 0.3 is 0 Å². The lowest BCUT2D eigenvalue weighted by atomic mass is 9.87. The van der Waals surface area contributed by atoms with Gasteiger partial charge in [0, 0.05) is 5.69 Å². The molecule has 4 heteroatoms. The van der Waals surface area contributed by atoms with Gasteiger partial charge in [0.1, 0.15) is 6.33 Å². The van der Waals surface area contributed by atoms with Crippen molar-refractivity contribution in [1.82, 2.24) is 14.8 Å². The third-order valence-corrected chi connectivity index (χ3v) is 2.81.